The van der Waals surface area contributed by atoms with Gasteiger partial charge in [-0.2, -0.15) is 5.10 Å². The Morgan fingerprint density at radius 2 is 1.72 bits per heavy atom. The molecule has 6 rings (SSSR count). The van der Waals surface area contributed by atoms with Gasteiger partial charge in [0, 0.05) is 75.1 Å². The van der Waals surface area contributed by atoms with E-state index >= 15 is 0 Å². The summed E-state index contributed by atoms with van der Waals surface area (Å²) in [5, 5.41) is 7.36. The minimum absolute atomic E-state index is 0.0613. The Bertz CT molecular complexity index is 1530. The number of pyridine rings is 2. The molecule has 224 valence electrons. The molecule has 0 radical (unpaired) electrons. The molecule has 10 heteroatoms. The number of nitrogen functional groups attached to an aromatic ring is 1. The Kier molecular flexibility index (Phi) is 8.78. The number of nitrogens with zero attached hydrogens (tertiary/aromatic N) is 6. The zero-order valence-electron chi connectivity index (χ0n) is 24.9. The average Bonchev–Trinajstić information content (AvgIpc) is 3.66. The third-order valence-electron chi connectivity index (χ3n) is 8.51. The van der Waals surface area contributed by atoms with Gasteiger partial charge in [0.1, 0.15) is 5.82 Å². The number of hydrogen-bond donors (Lipinski definition) is 2. The largest absolute Gasteiger partial charge is 0.383 e. The number of amides is 1. The summed E-state index contributed by atoms with van der Waals surface area (Å²) in [6, 6.07) is 14.4. The summed E-state index contributed by atoms with van der Waals surface area (Å²) < 4.78 is 8.02. The predicted octanol–water partition coefficient (Wildman–Crippen LogP) is 3.74. The first-order chi connectivity index (χ1) is 20.9. The lowest BCUT2D eigenvalue weighted by molar-refractivity contribution is 0.0272. The molecule has 3 N–H and O–H groups in total. The molecule has 3 aromatic heterocycles. The smallest absolute Gasteiger partial charge is 0.255 e. The van der Waals surface area contributed by atoms with Crippen molar-refractivity contribution in [2.24, 2.45) is 7.05 Å². The molecule has 1 amide bonds. The molecule has 2 aliphatic rings. The normalized spacial score (nSPS) is 19.5. The van der Waals surface area contributed by atoms with Crippen LogP contribution in [0.5, 0.6) is 0 Å². The van der Waals surface area contributed by atoms with Crippen molar-refractivity contribution in [2.45, 2.75) is 44.6 Å². The molecule has 2 fully saturated rings. The van der Waals surface area contributed by atoms with E-state index in [9.17, 15) is 4.79 Å². The lowest BCUT2D eigenvalue weighted by Gasteiger charge is -2.32. The Labute approximate surface area is 252 Å². The fraction of sp³-hybridized carbons (Fsp3) is 0.394. The van der Waals surface area contributed by atoms with Crippen molar-refractivity contribution in [1.29, 1.82) is 0 Å². The van der Waals surface area contributed by atoms with Gasteiger partial charge in [-0.05, 0) is 49.6 Å². The number of ether oxygens (including phenoxy) is 1. The quantitative estimate of drug-likeness (QED) is 0.308. The van der Waals surface area contributed by atoms with Crippen molar-refractivity contribution in [1.82, 2.24) is 34.9 Å². The van der Waals surface area contributed by atoms with Crippen LogP contribution in [0.1, 0.15) is 40.7 Å². The molecular formula is C33H40N8O2. The molecule has 0 unspecified atom stereocenters. The van der Waals surface area contributed by atoms with Crippen LogP contribution < -0.4 is 11.1 Å². The second-order valence-electron chi connectivity index (χ2n) is 11.7. The number of nitrogens with one attached hydrogen (secondary N) is 1. The summed E-state index contributed by atoms with van der Waals surface area (Å²) in [5.41, 5.74) is 12.5. The van der Waals surface area contributed by atoms with E-state index in [1.165, 1.54) is 5.56 Å². The van der Waals surface area contributed by atoms with Gasteiger partial charge in [-0.25, -0.2) is 4.98 Å². The van der Waals surface area contributed by atoms with Crippen LogP contribution in [0, 0.1) is 0 Å². The van der Waals surface area contributed by atoms with Gasteiger partial charge < -0.3 is 20.7 Å². The van der Waals surface area contributed by atoms with Gasteiger partial charge in [0.15, 0.2) is 0 Å². The van der Waals surface area contributed by atoms with Crippen LogP contribution in [0.4, 0.5) is 5.82 Å². The number of likely N-dealkylation sites (N-methyl/N-ethyl adjacent to an activating group) is 1. The molecule has 1 aliphatic heterocycles. The van der Waals surface area contributed by atoms with Crippen LogP contribution in [0.3, 0.4) is 0 Å². The predicted molar refractivity (Wildman–Crippen MR) is 167 cm³/mol. The topological polar surface area (TPSA) is 114 Å². The Morgan fingerprint density at radius 1 is 0.930 bits per heavy atom. The van der Waals surface area contributed by atoms with E-state index in [0.29, 0.717) is 12.2 Å². The first-order valence-corrected chi connectivity index (χ1v) is 15.0. The summed E-state index contributed by atoms with van der Waals surface area (Å²) in [5.74, 6) is -0.0255. The second kappa shape index (κ2) is 13.0. The van der Waals surface area contributed by atoms with Crippen molar-refractivity contribution in [3.8, 4) is 22.4 Å². The molecule has 2 atom stereocenters. The highest BCUT2D eigenvalue weighted by Gasteiger charge is 2.30. The maximum absolute atomic E-state index is 13.2. The summed E-state index contributed by atoms with van der Waals surface area (Å²) in [6.07, 6.45) is 9.98. The zero-order valence-corrected chi connectivity index (χ0v) is 24.9. The fourth-order valence-corrected chi connectivity index (χ4v) is 5.85. The maximum atomic E-state index is 13.2. The van der Waals surface area contributed by atoms with Gasteiger partial charge in [0.05, 0.1) is 36.2 Å². The second-order valence-corrected chi connectivity index (χ2v) is 11.7. The summed E-state index contributed by atoms with van der Waals surface area (Å²) in [7, 11) is 4.03. The number of nitrogens with two attached hydrogens (primary N) is 1. The van der Waals surface area contributed by atoms with E-state index in [1.807, 2.05) is 19.4 Å². The number of piperazine rings is 1. The summed E-state index contributed by atoms with van der Waals surface area (Å²) >= 11 is 0. The fourth-order valence-electron chi connectivity index (χ4n) is 5.85. The maximum Gasteiger partial charge on any atom is 0.255 e. The Hall–Kier alpha value is -4.12. The van der Waals surface area contributed by atoms with E-state index in [2.05, 4.69) is 68.6 Å². The molecule has 0 bridgehead atoms. The lowest BCUT2D eigenvalue weighted by atomic mass is 10.1. The van der Waals surface area contributed by atoms with Crippen LogP contribution in [-0.4, -0.2) is 80.8 Å². The molecule has 10 nitrogen and oxygen atoms in total. The highest BCUT2D eigenvalue weighted by Crippen LogP contribution is 2.26. The molecule has 1 saturated carbocycles. The van der Waals surface area contributed by atoms with Gasteiger partial charge in [0.2, 0.25) is 0 Å². The number of rotatable bonds is 9. The van der Waals surface area contributed by atoms with Crippen molar-refractivity contribution in [3.63, 3.8) is 0 Å². The van der Waals surface area contributed by atoms with E-state index < -0.39 is 0 Å². The molecule has 1 aromatic carbocycles. The number of carbonyl (C=O) groups excluding carboxylic acids is 1. The van der Waals surface area contributed by atoms with Crippen LogP contribution >= 0.6 is 0 Å². The first-order valence-electron chi connectivity index (χ1n) is 15.0. The first kappa shape index (κ1) is 29.0. The third-order valence-corrected chi connectivity index (χ3v) is 8.51. The molecule has 43 heavy (non-hydrogen) atoms. The van der Waals surface area contributed by atoms with Crippen molar-refractivity contribution >= 4 is 11.7 Å². The summed E-state index contributed by atoms with van der Waals surface area (Å²) in [4.78, 5) is 27.1. The lowest BCUT2D eigenvalue weighted by Crippen LogP contribution is -2.43. The molecule has 4 heterocycles. The van der Waals surface area contributed by atoms with Crippen LogP contribution in [0.15, 0.2) is 67.3 Å². The minimum atomic E-state index is -0.234. The van der Waals surface area contributed by atoms with Crippen LogP contribution in [-0.2, 0) is 24.9 Å². The Morgan fingerprint density at radius 3 is 2.44 bits per heavy atom. The standard InChI is InChI=1S/C33H40N8O2/c1-39-12-14-41(15-13-39)20-24-8-11-29(35-17-24)25-9-6-23(7-10-25)22-43-31-5-3-4-30(31)38-33(42)28-16-26(18-36-32(28)34)27-19-37-40(2)21-27/h6-11,16-19,21,30-31H,3-5,12-15,20,22H2,1-2H3,(H2,34,36)(H,38,42)/t30-,31-/m0/s1. The van der Waals surface area contributed by atoms with Gasteiger partial charge in [-0.15, -0.1) is 0 Å². The molecular weight excluding hydrogens is 540 g/mol. The van der Waals surface area contributed by atoms with Crippen molar-refractivity contribution < 1.29 is 9.53 Å². The highest BCUT2D eigenvalue weighted by molar-refractivity contribution is 5.99. The van der Waals surface area contributed by atoms with Crippen LogP contribution in [0.25, 0.3) is 22.4 Å². The van der Waals surface area contributed by atoms with E-state index in [1.54, 1.807) is 23.1 Å². The van der Waals surface area contributed by atoms with Crippen molar-refractivity contribution in [2.75, 3.05) is 39.0 Å². The SMILES string of the molecule is CN1CCN(Cc2ccc(-c3ccc(CO[C@H]4CCC[C@@H]4NC(=O)c4cc(-c5cnn(C)c5)cnc4N)cc3)nc2)CC1. The molecule has 0 spiro atoms. The zero-order chi connectivity index (χ0) is 29.8. The average molecular weight is 581 g/mol. The number of hydrogen-bond acceptors (Lipinski definition) is 8. The van der Waals surface area contributed by atoms with E-state index in [-0.39, 0.29) is 23.9 Å². The summed E-state index contributed by atoms with van der Waals surface area (Å²) in [6.45, 7) is 5.86. The van der Waals surface area contributed by atoms with Gasteiger partial charge >= 0.3 is 0 Å². The van der Waals surface area contributed by atoms with Crippen molar-refractivity contribution in [3.05, 3.63) is 83.9 Å². The van der Waals surface area contributed by atoms with E-state index in [0.717, 1.165) is 79.9 Å². The highest BCUT2D eigenvalue weighted by atomic mass is 16.5. The molecule has 4 aromatic rings. The van der Waals surface area contributed by atoms with E-state index in [4.69, 9.17) is 15.5 Å². The van der Waals surface area contributed by atoms with Crippen LogP contribution in [0.2, 0.25) is 0 Å². The molecule has 1 saturated heterocycles. The number of carbonyl (C=O) groups is 1. The number of aromatic nitrogens is 4. The number of aryl methyl sites for hydroxylation is 1. The number of anilines is 1. The Balaban J connectivity index is 1.02. The molecule has 1 aliphatic carbocycles. The van der Waals surface area contributed by atoms with Gasteiger partial charge in [-0.3, -0.25) is 19.4 Å². The monoisotopic (exact) mass is 580 g/mol. The van der Waals surface area contributed by atoms with Gasteiger partial charge in [-0.1, -0.05) is 30.3 Å². The number of benzene rings is 1. The van der Waals surface area contributed by atoms with Gasteiger partial charge in [0.25, 0.3) is 5.91 Å². The third kappa shape index (κ3) is 7.10. The minimum Gasteiger partial charge on any atom is -0.383 e.